The third-order valence-corrected chi connectivity index (χ3v) is 8.49. The minimum Gasteiger partial charge on any atom is -0.508 e. The number of nitrogens with one attached hydrogen (secondary N) is 1. The Morgan fingerprint density at radius 2 is 1.71 bits per heavy atom. The summed E-state index contributed by atoms with van der Waals surface area (Å²) < 4.78 is 4.69. The molecule has 3 radical (unpaired) electrons. The summed E-state index contributed by atoms with van der Waals surface area (Å²) in [5.74, 6) is -8.30. The number of ketones is 2. The maximum absolute atomic E-state index is 14.0. The predicted octanol–water partition coefficient (Wildman–Crippen LogP) is 0.752. The monoisotopic (exact) mass is 616 g/mol. The number of carbonyl (C=O) groups is 5. The van der Waals surface area contributed by atoms with Gasteiger partial charge in [0.1, 0.15) is 22.8 Å². The van der Waals surface area contributed by atoms with Crippen molar-refractivity contribution in [3.05, 3.63) is 64.4 Å². The third kappa shape index (κ3) is 5.25. The first kappa shape index (κ1) is 33.0. The SMILES string of the molecule is CC(=O)OCC(=O)Nc1ccc(-c2ccc(O)c3c2C[C@H]2C[C@H]4[C@H](N(C)C)C(=O)C(C(N)=O)=C(O)[C@@]4(O)C(=O)C2=C3O)cc1.[B]. The van der Waals surface area contributed by atoms with Crippen LogP contribution in [0.15, 0.2) is 53.3 Å². The highest BCUT2D eigenvalue weighted by molar-refractivity contribution is 6.24. The Morgan fingerprint density at radius 1 is 1.07 bits per heavy atom. The number of benzene rings is 2. The van der Waals surface area contributed by atoms with Crippen molar-refractivity contribution in [2.24, 2.45) is 17.6 Å². The number of amides is 2. The van der Waals surface area contributed by atoms with E-state index in [0.29, 0.717) is 22.4 Å². The molecule has 3 aliphatic rings. The first-order chi connectivity index (χ1) is 20.7. The van der Waals surface area contributed by atoms with Crippen LogP contribution in [0, 0.1) is 11.8 Å². The molecule has 0 spiro atoms. The van der Waals surface area contributed by atoms with E-state index < -0.39 is 76.5 Å². The zero-order valence-corrected chi connectivity index (χ0v) is 24.7. The molecule has 2 aromatic carbocycles. The van der Waals surface area contributed by atoms with E-state index in [-0.39, 0.29) is 38.1 Å². The summed E-state index contributed by atoms with van der Waals surface area (Å²) in [6.07, 6.45) is 0.0906. The van der Waals surface area contributed by atoms with Gasteiger partial charge in [-0.2, -0.15) is 0 Å². The van der Waals surface area contributed by atoms with Crippen LogP contribution in [0.2, 0.25) is 0 Å². The number of phenolic OH excluding ortho intramolecular Hbond substituents is 1. The Labute approximate surface area is 259 Å². The number of aromatic hydroxyl groups is 1. The van der Waals surface area contributed by atoms with Crippen LogP contribution in [0.5, 0.6) is 5.75 Å². The summed E-state index contributed by atoms with van der Waals surface area (Å²) in [6, 6.07) is 8.44. The number of fused-ring (bicyclic) bond motifs is 3. The highest BCUT2D eigenvalue weighted by Crippen LogP contribution is 2.53. The Kier molecular flexibility index (Phi) is 8.69. The lowest BCUT2D eigenvalue weighted by molar-refractivity contribution is -0.153. The summed E-state index contributed by atoms with van der Waals surface area (Å²) >= 11 is 0. The van der Waals surface area contributed by atoms with E-state index in [0.717, 1.165) is 0 Å². The molecule has 13 nitrogen and oxygen atoms in total. The van der Waals surface area contributed by atoms with Gasteiger partial charge in [-0.05, 0) is 67.7 Å². The third-order valence-electron chi connectivity index (χ3n) is 8.49. The molecule has 45 heavy (non-hydrogen) atoms. The fraction of sp³-hybridized carbons (Fsp3) is 0.323. The van der Waals surface area contributed by atoms with Gasteiger partial charge in [0.25, 0.3) is 11.8 Å². The number of phenols is 1. The number of aliphatic hydroxyl groups excluding tert-OH is 2. The molecule has 233 valence electrons. The van der Waals surface area contributed by atoms with E-state index >= 15 is 0 Å². The molecule has 0 saturated heterocycles. The van der Waals surface area contributed by atoms with Gasteiger partial charge in [0, 0.05) is 32.5 Å². The maximum Gasteiger partial charge on any atom is 0.303 e. The molecule has 0 unspecified atom stereocenters. The normalized spacial score (nSPS) is 23.9. The molecule has 14 heteroatoms. The molecular weight excluding hydrogens is 585 g/mol. The number of nitrogens with two attached hydrogens (primary N) is 1. The average molecular weight is 616 g/mol. The fourth-order valence-corrected chi connectivity index (χ4v) is 6.61. The second kappa shape index (κ2) is 11.9. The number of hydrogen-bond donors (Lipinski definition) is 6. The molecule has 7 N–H and O–H groups in total. The average Bonchev–Trinajstić information content (AvgIpc) is 2.94. The van der Waals surface area contributed by atoms with Crippen LogP contribution in [0.1, 0.15) is 24.5 Å². The van der Waals surface area contributed by atoms with Crippen molar-refractivity contribution in [3.8, 4) is 16.9 Å². The van der Waals surface area contributed by atoms with Gasteiger partial charge in [0.15, 0.2) is 18.0 Å². The number of likely N-dealkylation sites (N-methyl/N-ethyl adjacent to an activating group) is 1. The number of hydrogen-bond acceptors (Lipinski definition) is 11. The van der Waals surface area contributed by atoms with Gasteiger partial charge in [0.05, 0.1) is 11.6 Å². The number of ether oxygens (including phenoxy) is 1. The number of carbonyl (C=O) groups excluding carboxylic acids is 5. The second-order valence-electron chi connectivity index (χ2n) is 11.4. The molecule has 1 saturated carbocycles. The predicted molar refractivity (Wildman–Crippen MR) is 161 cm³/mol. The molecule has 5 rings (SSSR count). The lowest BCUT2D eigenvalue weighted by Gasteiger charge is -2.50. The van der Waals surface area contributed by atoms with Crippen LogP contribution in [0.25, 0.3) is 16.9 Å². The van der Waals surface area contributed by atoms with Gasteiger partial charge in [-0.3, -0.25) is 28.9 Å². The first-order valence-corrected chi connectivity index (χ1v) is 13.7. The molecule has 0 bridgehead atoms. The number of esters is 1. The zero-order chi connectivity index (χ0) is 32.2. The van der Waals surface area contributed by atoms with Crippen LogP contribution < -0.4 is 11.1 Å². The molecule has 0 aromatic heterocycles. The highest BCUT2D eigenvalue weighted by atomic mass is 16.5. The molecule has 2 amide bonds. The van der Waals surface area contributed by atoms with E-state index in [2.05, 4.69) is 10.1 Å². The van der Waals surface area contributed by atoms with Gasteiger partial charge in [-0.1, -0.05) is 18.2 Å². The largest absolute Gasteiger partial charge is 0.508 e. The smallest absolute Gasteiger partial charge is 0.303 e. The van der Waals surface area contributed by atoms with Crippen LogP contribution in [-0.2, 0) is 35.1 Å². The molecule has 1 fully saturated rings. The number of nitrogens with zero attached hydrogens (tertiary/aromatic N) is 1. The lowest BCUT2D eigenvalue weighted by Crippen LogP contribution is -2.65. The summed E-state index contributed by atoms with van der Waals surface area (Å²) in [4.78, 5) is 63.8. The van der Waals surface area contributed by atoms with Crippen molar-refractivity contribution in [3.63, 3.8) is 0 Å². The molecular formula is C31H31BN3O10. The number of anilines is 1. The van der Waals surface area contributed by atoms with Gasteiger partial charge < -0.3 is 36.2 Å². The van der Waals surface area contributed by atoms with Crippen molar-refractivity contribution < 1.29 is 49.1 Å². The van der Waals surface area contributed by atoms with Gasteiger partial charge >= 0.3 is 5.97 Å². The van der Waals surface area contributed by atoms with Gasteiger partial charge in [-0.25, -0.2) is 0 Å². The zero-order valence-electron chi connectivity index (χ0n) is 24.7. The molecule has 4 atom stereocenters. The van der Waals surface area contributed by atoms with Crippen molar-refractivity contribution in [2.45, 2.75) is 31.4 Å². The van der Waals surface area contributed by atoms with E-state index in [1.54, 1.807) is 30.3 Å². The van der Waals surface area contributed by atoms with Gasteiger partial charge in [0.2, 0.25) is 5.78 Å². The van der Waals surface area contributed by atoms with E-state index in [1.807, 2.05) is 0 Å². The number of aliphatic hydroxyl groups is 3. The van der Waals surface area contributed by atoms with E-state index in [9.17, 15) is 44.4 Å². The van der Waals surface area contributed by atoms with E-state index in [1.165, 1.54) is 32.0 Å². The minimum atomic E-state index is -2.71. The van der Waals surface area contributed by atoms with Crippen molar-refractivity contribution in [1.29, 1.82) is 0 Å². The van der Waals surface area contributed by atoms with Crippen molar-refractivity contribution in [2.75, 3.05) is 26.0 Å². The molecule has 2 aromatic rings. The Morgan fingerprint density at radius 3 is 2.29 bits per heavy atom. The van der Waals surface area contributed by atoms with Crippen molar-refractivity contribution in [1.82, 2.24) is 4.90 Å². The summed E-state index contributed by atoms with van der Waals surface area (Å²) in [6.45, 7) is 0.750. The summed E-state index contributed by atoms with van der Waals surface area (Å²) in [5, 5.41) is 47.5. The number of primary amides is 1. The van der Waals surface area contributed by atoms with Crippen molar-refractivity contribution >= 4 is 49.2 Å². The quantitative estimate of drug-likeness (QED) is 0.151. The Bertz CT molecular complexity index is 1700. The second-order valence-corrected chi connectivity index (χ2v) is 11.4. The van der Waals surface area contributed by atoms with Crippen LogP contribution in [0.3, 0.4) is 0 Å². The standard InChI is InChI=1S/C31H31N3O10.B/c1-13(35)44-12-21(37)33-16-6-4-14(5-7-16)17-8-9-20(36)23-18(17)10-15-11-19-25(34(2)3)27(39)24(30(32)42)29(41)31(19,43)28(40)22(15)26(23)38;/h4-9,15,19,25,36,38,41,43H,10-12H2,1-3H3,(H2,32,42)(H,33,37);/t15-,19-,25-,31-;/m0./s1. The maximum atomic E-state index is 14.0. The summed E-state index contributed by atoms with van der Waals surface area (Å²) in [5.41, 5.74) is 3.69. The van der Waals surface area contributed by atoms with Crippen LogP contribution in [0.4, 0.5) is 5.69 Å². The Hall–Kier alpha value is -4.95. The first-order valence-electron chi connectivity index (χ1n) is 13.7. The van der Waals surface area contributed by atoms with Crippen LogP contribution >= 0.6 is 0 Å². The molecule has 3 aliphatic carbocycles. The molecule has 0 heterocycles. The number of Topliss-reactive ketones (excluding diaryl/α,β-unsaturated/α-hetero) is 2. The van der Waals surface area contributed by atoms with E-state index in [4.69, 9.17) is 5.73 Å². The van der Waals surface area contributed by atoms with Crippen LogP contribution in [-0.4, -0.2) is 95.4 Å². The Balaban J connectivity index is 0.00000461. The van der Waals surface area contributed by atoms with Gasteiger partial charge in [-0.15, -0.1) is 0 Å². The highest BCUT2D eigenvalue weighted by Gasteiger charge is 2.64. The lowest BCUT2D eigenvalue weighted by atomic mass is 9.57. The topological polar surface area (TPSA) is 217 Å². The minimum absolute atomic E-state index is 0. The summed E-state index contributed by atoms with van der Waals surface area (Å²) in [7, 11) is 3.07. The molecule has 0 aliphatic heterocycles. The number of rotatable bonds is 6. The fourth-order valence-electron chi connectivity index (χ4n) is 6.61.